The molecule has 1 aromatic heterocycles. The van der Waals surface area contributed by atoms with Gasteiger partial charge in [0.25, 0.3) is 5.56 Å². The van der Waals surface area contributed by atoms with Crippen molar-refractivity contribution in [3.63, 3.8) is 0 Å². The first kappa shape index (κ1) is 25.2. The van der Waals surface area contributed by atoms with Gasteiger partial charge >= 0.3 is 11.7 Å². The number of nitrogens with two attached hydrogens (primary N) is 1. The molecule has 0 saturated carbocycles. The molecule has 0 aliphatic carbocycles. The molecule has 3 aromatic rings. The van der Waals surface area contributed by atoms with Crippen molar-refractivity contribution >= 4 is 23.5 Å². The Labute approximate surface area is 201 Å². The van der Waals surface area contributed by atoms with Crippen molar-refractivity contribution in [1.29, 1.82) is 0 Å². The van der Waals surface area contributed by atoms with E-state index in [9.17, 15) is 24.0 Å². The number of nitrogens with one attached hydrogen (secondary N) is 1. The van der Waals surface area contributed by atoms with Gasteiger partial charge < -0.3 is 15.8 Å². The summed E-state index contributed by atoms with van der Waals surface area (Å²) >= 11 is 0. The van der Waals surface area contributed by atoms with E-state index in [1.165, 1.54) is 7.05 Å². The van der Waals surface area contributed by atoms with Crippen molar-refractivity contribution in [1.82, 2.24) is 14.5 Å². The highest BCUT2D eigenvalue weighted by Crippen LogP contribution is 2.10. The van der Waals surface area contributed by atoms with Gasteiger partial charge in [-0.3, -0.25) is 28.3 Å². The highest BCUT2D eigenvalue weighted by molar-refractivity contribution is 6.01. The Hall–Kier alpha value is -4.47. The second-order valence-electron chi connectivity index (χ2n) is 7.82. The number of hydrogen-bond acceptors (Lipinski definition) is 7. The van der Waals surface area contributed by atoms with Crippen molar-refractivity contribution < 1.29 is 19.1 Å². The molecule has 182 valence electrons. The average Bonchev–Trinajstić information content (AvgIpc) is 2.85. The van der Waals surface area contributed by atoms with Crippen LogP contribution in [0.1, 0.15) is 27.9 Å². The molecule has 0 unspecified atom stereocenters. The molecule has 3 N–H and O–H groups in total. The zero-order chi connectivity index (χ0) is 25.4. The number of Topliss-reactive ketones (excluding diaryl/α,β-unsaturated/α-hetero) is 1. The molecule has 35 heavy (non-hydrogen) atoms. The number of benzene rings is 2. The van der Waals surface area contributed by atoms with E-state index in [-0.39, 0.29) is 37.7 Å². The molecule has 3 rings (SSSR count). The highest BCUT2D eigenvalue weighted by Gasteiger charge is 2.22. The van der Waals surface area contributed by atoms with Crippen LogP contribution in [0.25, 0.3) is 0 Å². The first-order valence-electron chi connectivity index (χ1n) is 10.9. The van der Waals surface area contributed by atoms with Gasteiger partial charge in [0.05, 0.1) is 19.4 Å². The minimum absolute atomic E-state index is 0.0323. The van der Waals surface area contributed by atoms with Crippen molar-refractivity contribution in [2.24, 2.45) is 7.05 Å². The van der Waals surface area contributed by atoms with Gasteiger partial charge in [-0.25, -0.2) is 4.79 Å². The number of amides is 1. The van der Waals surface area contributed by atoms with Gasteiger partial charge in [-0.1, -0.05) is 60.7 Å². The third-order valence-electron chi connectivity index (χ3n) is 5.27. The maximum Gasteiger partial charge on any atom is 0.332 e. The van der Waals surface area contributed by atoms with Crippen LogP contribution in [0, 0.1) is 0 Å². The van der Waals surface area contributed by atoms with Crippen LogP contribution in [0.15, 0.2) is 70.3 Å². The molecule has 0 aliphatic heterocycles. The summed E-state index contributed by atoms with van der Waals surface area (Å²) in [6, 6.07) is 18.1. The van der Waals surface area contributed by atoms with Gasteiger partial charge in [0, 0.05) is 13.6 Å². The van der Waals surface area contributed by atoms with E-state index in [4.69, 9.17) is 10.5 Å². The van der Waals surface area contributed by atoms with Crippen molar-refractivity contribution in [3.8, 4) is 0 Å². The summed E-state index contributed by atoms with van der Waals surface area (Å²) < 4.78 is 6.87. The smallest absolute Gasteiger partial charge is 0.332 e. The number of ether oxygens (including phenoxy) is 1. The molecule has 1 amide bonds. The fourth-order valence-corrected chi connectivity index (χ4v) is 3.40. The molecule has 10 nitrogen and oxygen atoms in total. The van der Waals surface area contributed by atoms with Crippen molar-refractivity contribution in [2.75, 3.05) is 18.9 Å². The van der Waals surface area contributed by atoms with E-state index >= 15 is 0 Å². The second kappa shape index (κ2) is 11.6. The standard InChI is InChI=1S/C25H26N4O6/c1-28-24(33)22(23(26)29(25(28)34)15-18-10-6-3-7-11-18)19(30)16-35-21(32)12-13-27-20(31)14-17-8-4-2-5-9-17/h2-11H,12-16,26H2,1H3,(H,27,31). The molecule has 0 spiro atoms. The molecule has 0 radical (unpaired) electrons. The van der Waals surface area contributed by atoms with Gasteiger partial charge in [0.15, 0.2) is 6.61 Å². The molecular formula is C25H26N4O6. The third-order valence-corrected chi connectivity index (χ3v) is 5.27. The number of carbonyl (C=O) groups is 3. The lowest BCUT2D eigenvalue weighted by molar-refractivity contribution is -0.142. The first-order valence-corrected chi connectivity index (χ1v) is 10.9. The topological polar surface area (TPSA) is 142 Å². The van der Waals surface area contributed by atoms with E-state index < -0.39 is 35.2 Å². The highest BCUT2D eigenvalue weighted by atomic mass is 16.5. The molecular weight excluding hydrogens is 452 g/mol. The van der Waals surface area contributed by atoms with E-state index in [0.717, 1.165) is 20.3 Å². The minimum atomic E-state index is -0.869. The molecule has 2 aromatic carbocycles. The second-order valence-corrected chi connectivity index (χ2v) is 7.82. The molecule has 10 heteroatoms. The number of nitrogen functional groups attached to an aromatic ring is 1. The van der Waals surface area contributed by atoms with Crippen LogP contribution in [0.4, 0.5) is 5.82 Å². The molecule has 0 saturated heterocycles. The Morgan fingerprint density at radius 2 is 1.54 bits per heavy atom. The number of nitrogens with zero attached hydrogens (tertiary/aromatic N) is 2. The third kappa shape index (κ3) is 6.53. The maximum atomic E-state index is 12.7. The number of carbonyl (C=O) groups excluding carboxylic acids is 3. The van der Waals surface area contributed by atoms with Gasteiger partial charge in [-0.2, -0.15) is 0 Å². The first-order chi connectivity index (χ1) is 16.8. The predicted molar refractivity (Wildman–Crippen MR) is 129 cm³/mol. The van der Waals surface area contributed by atoms with Crippen LogP contribution in [0.3, 0.4) is 0 Å². The van der Waals surface area contributed by atoms with E-state index in [0.29, 0.717) is 0 Å². The molecule has 0 fully saturated rings. The van der Waals surface area contributed by atoms with Crippen molar-refractivity contribution in [3.05, 3.63) is 98.2 Å². The fraction of sp³-hybridized carbons (Fsp3) is 0.240. The number of aromatic nitrogens is 2. The van der Waals surface area contributed by atoms with E-state index in [1.807, 2.05) is 36.4 Å². The van der Waals surface area contributed by atoms with Gasteiger partial charge in [-0.15, -0.1) is 0 Å². The molecule has 0 aliphatic rings. The lowest BCUT2D eigenvalue weighted by Gasteiger charge is -2.14. The summed E-state index contributed by atoms with van der Waals surface area (Å²) in [6.07, 6.45) is 0.0183. The van der Waals surface area contributed by atoms with Crippen LogP contribution in [0.5, 0.6) is 0 Å². The number of rotatable bonds is 10. The summed E-state index contributed by atoms with van der Waals surface area (Å²) in [4.78, 5) is 61.8. The molecule has 0 bridgehead atoms. The van der Waals surface area contributed by atoms with Crippen LogP contribution in [-0.2, 0) is 34.3 Å². The fourth-order valence-electron chi connectivity index (χ4n) is 3.40. The van der Waals surface area contributed by atoms with Crippen LogP contribution in [-0.4, -0.2) is 39.9 Å². The van der Waals surface area contributed by atoms with Crippen LogP contribution in [0.2, 0.25) is 0 Å². The quantitative estimate of drug-likeness (QED) is 0.322. The number of anilines is 1. The van der Waals surface area contributed by atoms with E-state index in [2.05, 4.69) is 5.32 Å². The summed E-state index contributed by atoms with van der Waals surface area (Å²) in [7, 11) is 1.24. The molecule has 0 atom stereocenters. The Bertz CT molecular complexity index is 1330. The normalized spacial score (nSPS) is 10.5. The Balaban J connectivity index is 1.59. The zero-order valence-electron chi connectivity index (χ0n) is 19.2. The van der Waals surface area contributed by atoms with Crippen LogP contribution < -0.4 is 22.3 Å². The maximum absolute atomic E-state index is 12.7. The average molecular weight is 479 g/mol. The summed E-state index contributed by atoms with van der Waals surface area (Å²) in [5, 5.41) is 2.61. The SMILES string of the molecule is Cn1c(=O)c(C(=O)COC(=O)CCNC(=O)Cc2ccccc2)c(N)n(Cc2ccccc2)c1=O. The predicted octanol–water partition coefficient (Wildman–Crippen LogP) is 0.652. The van der Waals surface area contributed by atoms with Crippen LogP contribution >= 0.6 is 0 Å². The number of hydrogen-bond donors (Lipinski definition) is 2. The lowest BCUT2D eigenvalue weighted by atomic mass is 10.1. The lowest BCUT2D eigenvalue weighted by Crippen LogP contribution is -2.43. The Morgan fingerprint density at radius 1 is 0.943 bits per heavy atom. The monoisotopic (exact) mass is 478 g/mol. The Morgan fingerprint density at radius 3 is 2.17 bits per heavy atom. The summed E-state index contributed by atoms with van der Waals surface area (Å²) in [6.45, 7) is -0.632. The number of esters is 1. The van der Waals surface area contributed by atoms with Gasteiger partial charge in [-0.05, 0) is 11.1 Å². The number of ketones is 1. The van der Waals surface area contributed by atoms with Crippen molar-refractivity contribution in [2.45, 2.75) is 19.4 Å². The van der Waals surface area contributed by atoms with Gasteiger partial charge in [0.1, 0.15) is 11.4 Å². The summed E-state index contributed by atoms with van der Waals surface area (Å²) in [5.41, 5.74) is 5.65. The molecule has 1 heterocycles. The largest absolute Gasteiger partial charge is 0.457 e. The summed E-state index contributed by atoms with van der Waals surface area (Å²) in [5.74, 6) is -2.11. The zero-order valence-corrected chi connectivity index (χ0v) is 19.2. The van der Waals surface area contributed by atoms with Gasteiger partial charge in [0.2, 0.25) is 11.7 Å². The Kier molecular flexibility index (Phi) is 8.33. The van der Waals surface area contributed by atoms with E-state index in [1.54, 1.807) is 24.3 Å². The minimum Gasteiger partial charge on any atom is -0.457 e.